The number of nitrogens with zero attached hydrogens (tertiary/aromatic N) is 5. The Morgan fingerprint density at radius 3 is 2.16 bits per heavy atom. The number of urea groups is 1. The van der Waals surface area contributed by atoms with Crippen molar-refractivity contribution in [3.8, 4) is 5.75 Å². The molecule has 2 fully saturated rings. The van der Waals surface area contributed by atoms with Crippen LogP contribution in [0.5, 0.6) is 5.75 Å². The average molecular weight is 1050 g/mol. The zero-order valence-electron chi connectivity index (χ0n) is 40.2. The van der Waals surface area contributed by atoms with E-state index in [1.807, 2.05) is 0 Å². The number of aromatic nitrogens is 2. The van der Waals surface area contributed by atoms with Crippen LogP contribution in [0.25, 0.3) is 0 Å². The Hall–Kier alpha value is -8.54. The number of amides is 9. The number of carbonyl (C=O) groups excluding carboxylic acids is 8. The summed E-state index contributed by atoms with van der Waals surface area (Å²) in [6.07, 6.45) is 1.19. The van der Waals surface area contributed by atoms with Gasteiger partial charge in [0.15, 0.2) is 18.2 Å². The van der Waals surface area contributed by atoms with Crippen molar-refractivity contribution in [3.05, 3.63) is 130 Å². The van der Waals surface area contributed by atoms with Gasteiger partial charge in [-0.25, -0.2) is 14.2 Å². The SMILES string of the molecule is O=C(COc1cccc2c1C(=O)N(C1CCC(=O)NC1=O)C2=O)NCCOCCOCCNC(=O)N1CCN(C(=O)Cc2ccc(Nc3ncc(F)c(Nc4ccc(C(=O)Nc5ccccc5Cl)cc4)n3)cc2)CC1. The first-order valence-electron chi connectivity index (χ1n) is 23.8. The minimum atomic E-state index is -1.13. The van der Waals surface area contributed by atoms with E-state index in [1.165, 1.54) is 18.2 Å². The third kappa shape index (κ3) is 13.8. The van der Waals surface area contributed by atoms with Gasteiger partial charge in [-0.15, -0.1) is 0 Å². The number of carbonyl (C=O) groups is 8. The number of piperidine rings is 1. The van der Waals surface area contributed by atoms with E-state index in [0.717, 1.165) is 16.7 Å². The molecule has 1 aromatic heterocycles. The molecule has 1 unspecified atom stereocenters. The number of benzene rings is 4. The fourth-order valence-corrected chi connectivity index (χ4v) is 8.30. The van der Waals surface area contributed by atoms with E-state index in [4.69, 9.17) is 25.8 Å². The Labute approximate surface area is 433 Å². The molecule has 0 spiro atoms. The zero-order chi connectivity index (χ0) is 52.8. The largest absolute Gasteiger partial charge is 0.483 e. The minimum absolute atomic E-state index is 0.0108. The fourth-order valence-electron chi connectivity index (χ4n) is 8.12. The Morgan fingerprint density at radius 1 is 0.760 bits per heavy atom. The van der Waals surface area contributed by atoms with Crippen LogP contribution in [0.4, 0.5) is 38.0 Å². The Balaban J connectivity index is 0.658. The second-order valence-corrected chi connectivity index (χ2v) is 17.5. The third-order valence-electron chi connectivity index (χ3n) is 12.0. The lowest BCUT2D eigenvalue weighted by Gasteiger charge is -2.34. The van der Waals surface area contributed by atoms with Crippen molar-refractivity contribution < 1.29 is 57.0 Å². The van der Waals surface area contributed by atoms with Gasteiger partial charge >= 0.3 is 6.03 Å². The van der Waals surface area contributed by atoms with Crippen LogP contribution in [-0.4, -0.2) is 150 Å². The molecular formula is C51H51ClFN11O11. The van der Waals surface area contributed by atoms with E-state index in [1.54, 1.807) is 82.6 Å². The van der Waals surface area contributed by atoms with Crippen molar-refractivity contribution in [3.63, 3.8) is 0 Å². The molecule has 4 aromatic carbocycles. The predicted octanol–water partition coefficient (Wildman–Crippen LogP) is 4.03. The second kappa shape index (κ2) is 24.9. The van der Waals surface area contributed by atoms with Gasteiger partial charge in [-0.2, -0.15) is 4.98 Å². The van der Waals surface area contributed by atoms with Gasteiger partial charge in [0.1, 0.15) is 11.8 Å². The van der Waals surface area contributed by atoms with Crippen LogP contribution < -0.4 is 36.6 Å². The molecule has 24 heteroatoms. The fraction of sp³-hybridized carbons (Fsp3) is 0.294. The highest BCUT2D eigenvalue weighted by Crippen LogP contribution is 2.34. The molecule has 5 aromatic rings. The summed E-state index contributed by atoms with van der Waals surface area (Å²) in [6, 6.07) is 23.4. The molecular weight excluding hydrogens is 997 g/mol. The lowest BCUT2D eigenvalue weighted by molar-refractivity contribution is -0.136. The third-order valence-corrected chi connectivity index (χ3v) is 12.3. The minimum Gasteiger partial charge on any atom is -0.483 e. The van der Waals surface area contributed by atoms with E-state index < -0.39 is 48.0 Å². The molecule has 1 atom stereocenters. The van der Waals surface area contributed by atoms with Crippen LogP contribution >= 0.6 is 11.6 Å². The van der Waals surface area contributed by atoms with Gasteiger partial charge in [-0.05, 0) is 72.6 Å². The Kier molecular flexibility index (Phi) is 17.5. The summed E-state index contributed by atoms with van der Waals surface area (Å²) < 4.78 is 31.4. The monoisotopic (exact) mass is 1050 g/mol. The first-order chi connectivity index (χ1) is 36.3. The van der Waals surface area contributed by atoms with E-state index in [9.17, 15) is 42.7 Å². The summed E-state index contributed by atoms with van der Waals surface area (Å²) in [4.78, 5) is 114. The van der Waals surface area contributed by atoms with Crippen molar-refractivity contribution >= 4 is 87.8 Å². The number of hydrogen-bond acceptors (Lipinski definition) is 15. The van der Waals surface area contributed by atoms with E-state index in [0.29, 0.717) is 53.8 Å². The molecule has 390 valence electrons. The smallest absolute Gasteiger partial charge is 0.317 e. The van der Waals surface area contributed by atoms with Crippen LogP contribution in [-0.2, 0) is 35.1 Å². The molecule has 6 N–H and O–H groups in total. The maximum atomic E-state index is 14.7. The number of piperazine rings is 1. The number of anilines is 5. The number of ether oxygens (including phenoxy) is 3. The van der Waals surface area contributed by atoms with Gasteiger partial charge in [0.05, 0.1) is 60.9 Å². The summed E-state index contributed by atoms with van der Waals surface area (Å²) in [5.74, 6) is -4.21. The zero-order valence-corrected chi connectivity index (χ0v) is 41.0. The number of halogens is 2. The Bertz CT molecular complexity index is 2960. The molecule has 3 aliphatic heterocycles. The van der Waals surface area contributed by atoms with Crippen molar-refractivity contribution in [2.75, 3.05) is 88.3 Å². The highest BCUT2D eigenvalue weighted by Gasteiger charge is 2.46. The molecule has 8 rings (SSSR count). The lowest BCUT2D eigenvalue weighted by Crippen LogP contribution is -2.54. The topological polar surface area (TPSA) is 272 Å². The molecule has 0 radical (unpaired) electrons. The number of fused-ring (bicyclic) bond motifs is 1. The number of imide groups is 2. The summed E-state index contributed by atoms with van der Waals surface area (Å²) >= 11 is 6.15. The summed E-state index contributed by atoms with van der Waals surface area (Å²) in [5, 5.41) is 16.7. The average Bonchev–Trinajstić information content (AvgIpc) is 3.66. The first kappa shape index (κ1) is 52.8. The van der Waals surface area contributed by atoms with Crippen molar-refractivity contribution in [1.29, 1.82) is 0 Å². The van der Waals surface area contributed by atoms with Crippen molar-refractivity contribution in [1.82, 2.24) is 40.6 Å². The van der Waals surface area contributed by atoms with Gasteiger partial charge in [0, 0.05) is 62.6 Å². The maximum absolute atomic E-state index is 14.7. The number of rotatable bonds is 21. The normalized spacial score (nSPS) is 15.2. The quantitative estimate of drug-likeness (QED) is 0.0447. The van der Waals surface area contributed by atoms with Crippen LogP contribution in [0, 0.1) is 5.82 Å². The molecule has 9 amide bonds. The molecule has 4 heterocycles. The Morgan fingerprint density at radius 2 is 1.44 bits per heavy atom. The molecule has 0 saturated carbocycles. The maximum Gasteiger partial charge on any atom is 0.317 e. The summed E-state index contributed by atoms with van der Waals surface area (Å²) in [7, 11) is 0. The standard InChI is InChI=1S/C51H51ClFN11O11/c52-36-5-1-2-6-38(36)59-46(68)32-10-14-33(15-11-32)57-45-37(53)29-56-50(61-45)58-34-12-8-31(9-13-34)28-43(67)62-20-22-63(23-21-62)51(72)55-19-25-74-27-26-73-24-18-54-42(66)30-75-40-7-3-4-35-44(40)49(71)64(48(35)70)39-16-17-41(65)60-47(39)69/h1-15,29,39H,16-28,30H2,(H,54,66)(H,55,72)(H,59,68)(H,60,65,69)(H2,56,57,58,61). The number of nitrogens with one attached hydrogen (secondary N) is 6. The molecule has 2 saturated heterocycles. The molecule has 0 aliphatic carbocycles. The highest BCUT2D eigenvalue weighted by molar-refractivity contribution is 6.34. The van der Waals surface area contributed by atoms with E-state index >= 15 is 0 Å². The van der Waals surface area contributed by atoms with Gasteiger partial charge in [-0.3, -0.25) is 43.8 Å². The van der Waals surface area contributed by atoms with E-state index in [2.05, 4.69) is 41.9 Å². The lowest BCUT2D eigenvalue weighted by atomic mass is 10.0. The first-order valence-corrected chi connectivity index (χ1v) is 24.2. The van der Waals surface area contributed by atoms with Crippen molar-refractivity contribution in [2.45, 2.75) is 25.3 Å². The summed E-state index contributed by atoms with van der Waals surface area (Å²) in [5.41, 5.74) is 2.70. The second-order valence-electron chi connectivity index (χ2n) is 17.1. The van der Waals surface area contributed by atoms with Crippen LogP contribution in [0.15, 0.2) is 97.2 Å². The van der Waals surface area contributed by atoms with Gasteiger partial charge in [0.2, 0.25) is 23.7 Å². The van der Waals surface area contributed by atoms with Crippen LogP contribution in [0.2, 0.25) is 5.02 Å². The molecule has 0 bridgehead atoms. The molecule has 3 aliphatic rings. The van der Waals surface area contributed by atoms with Gasteiger partial charge in [0.25, 0.3) is 23.6 Å². The van der Waals surface area contributed by atoms with Crippen LogP contribution in [0.3, 0.4) is 0 Å². The van der Waals surface area contributed by atoms with Crippen molar-refractivity contribution in [2.24, 2.45) is 0 Å². The highest BCUT2D eigenvalue weighted by atomic mass is 35.5. The molecule has 75 heavy (non-hydrogen) atoms. The van der Waals surface area contributed by atoms with Gasteiger partial charge < -0.3 is 50.6 Å². The number of para-hydroxylation sites is 1. The number of hydrogen-bond donors (Lipinski definition) is 6. The predicted molar refractivity (Wildman–Crippen MR) is 269 cm³/mol. The van der Waals surface area contributed by atoms with Gasteiger partial charge in [-0.1, -0.05) is 41.9 Å². The van der Waals surface area contributed by atoms with Crippen LogP contribution in [0.1, 0.15) is 49.5 Å². The molecule has 22 nitrogen and oxygen atoms in total. The van der Waals surface area contributed by atoms with E-state index in [-0.39, 0.29) is 105 Å². The summed E-state index contributed by atoms with van der Waals surface area (Å²) in [6.45, 7) is 2.31.